The number of hydrogen-bond acceptors (Lipinski definition) is 6. The van der Waals surface area contributed by atoms with Crippen LogP contribution in [0.15, 0.2) is 54.6 Å². The Hall–Kier alpha value is -4.08. The number of aryl methyl sites for hydroxylation is 1. The zero-order chi connectivity index (χ0) is 19.6. The Bertz CT molecular complexity index is 1050. The molecule has 27 heavy (non-hydrogen) atoms. The quantitative estimate of drug-likeness (QED) is 0.543. The molecule has 3 aromatic rings. The number of nitro groups is 2. The largest absolute Gasteiger partial charge is 0.334 e. The third-order valence-corrected chi connectivity index (χ3v) is 3.79. The summed E-state index contributed by atoms with van der Waals surface area (Å²) in [6.07, 6.45) is 0. The van der Waals surface area contributed by atoms with Crippen molar-refractivity contribution in [2.45, 2.75) is 6.92 Å². The fourth-order valence-electron chi connectivity index (χ4n) is 2.61. The lowest BCUT2D eigenvalue weighted by atomic mass is 10.1. The zero-order valence-corrected chi connectivity index (χ0v) is 14.0. The van der Waals surface area contributed by atoms with Crippen molar-refractivity contribution >= 4 is 23.1 Å². The Morgan fingerprint density at radius 1 is 1.00 bits per heavy atom. The molecular weight excluding hydrogens is 354 g/mol. The van der Waals surface area contributed by atoms with Gasteiger partial charge in [-0.25, -0.2) is 4.68 Å². The van der Waals surface area contributed by atoms with Gasteiger partial charge >= 0.3 is 5.69 Å². The maximum atomic E-state index is 12.6. The predicted octanol–water partition coefficient (Wildman–Crippen LogP) is 3.25. The second-order valence-corrected chi connectivity index (χ2v) is 5.52. The normalized spacial score (nSPS) is 10.4. The summed E-state index contributed by atoms with van der Waals surface area (Å²) in [5, 5.41) is 29.2. The highest BCUT2D eigenvalue weighted by Gasteiger charge is 2.29. The molecule has 0 fully saturated rings. The van der Waals surface area contributed by atoms with Crippen LogP contribution in [0.4, 0.5) is 17.2 Å². The van der Waals surface area contributed by atoms with E-state index in [1.54, 1.807) is 30.3 Å². The van der Waals surface area contributed by atoms with Gasteiger partial charge in [0.05, 0.1) is 15.5 Å². The Morgan fingerprint density at radius 2 is 1.63 bits per heavy atom. The second kappa shape index (κ2) is 7.04. The van der Waals surface area contributed by atoms with Crippen LogP contribution in [0.25, 0.3) is 5.69 Å². The summed E-state index contributed by atoms with van der Waals surface area (Å²) < 4.78 is 1.22. The summed E-state index contributed by atoms with van der Waals surface area (Å²) >= 11 is 0. The Labute approximate surface area is 152 Å². The van der Waals surface area contributed by atoms with Crippen LogP contribution in [0.3, 0.4) is 0 Å². The summed E-state index contributed by atoms with van der Waals surface area (Å²) in [6.45, 7) is 1.44. The van der Waals surface area contributed by atoms with Crippen molar-refractivity contribution in [2.75, 3.05) is 5.32 Å². The molecule has 1 heterocycles. The highest BCUT2D eigenvalue weighted by molar-refractivity contribution is 6.07. The molecule has 0 radical (unpaired) electrons. The number of amides is 1. The van der Waals surface area contributed by atoms with E-state index in [-0.39, 0.29) is 22.8 Å². The lowest BCUT2D eigenvalue weighted by Gasteiger charge is -2.08. The fraction of sp³-hybridized carbons (Fsp3) is 0.0588. The summed E-state index contributed by atoms with van der Waals surface area (Å²) in [4.78, 5) is 33.9. The predicted molar refractivity (Wildman–Crippen MR) is 96.0 cm³/mol. The third kappa shape index (κ3) is 3.35. The number of benzene rings is 2. The van der Waals surface area contributed by atoms with Gasteiger partial charge in [-0.2, -0.15) is 5.10 Å². The smallest absolute Gasteiger partial charge is 0.300 e. The molecule has 0 atom stereocenters. The number of rotatable bonds is 5. The first-order chi connectivity index (χ1) is 12.9. The van der Waals surface area contributed by atoms with Crippen molar-refractivity contribution in [3.8, 4) is 5.69 Å². The van der Waals surface area contributed by atoms with Crippen LogP contribution in [0, 0.1) is 27.2 Å². The van der Waals surface area contributed by atoms with E-state index >= 15 is 0 Å². The van der Waals surface area contributed by atoms with Gasteiger partial charge in [-0.05, 0) is 25.1 Å². The maximum Gasteiger partial charge on any atom is 0.334 e. The molecule has 10 heteroatoms. The molecule has 136 valence electrons. The highest BCUT2D eigenvalue weighted by Crippen LogP contribution is 2.31. The van der Waals surface area contributed by atoms with E-state index in [4.69, 9.17) is 0 Å². The second-order valence-electron chi connectivity index (χ2n) is 5.52. The van der Waals surface area contributed by atoms with Crippen LogP contribution in [0.2, 0.25) is 0 Å². The van der Waals surface area contributed by atoms with Crippen molar-refractivity contribution in [1.29, 1.82) is 0 Å². The number of nitrogens with one attached hydrogen (secondary N) is 1. The molecular formula is C17H13N5O5. The minimum Gasteiger partial charge on any atom is -0.300 e. The maximum absolute atomic E-state index is 12.6. The van der Waals surface area contributed by atoms with E-state index in [2.05, 4.69) is 10.4 Å². The van der Waals surface area contributed by atoms with E-state index in [0.29, 0.717) is 5.69 Å². The van der Waals surface area contributed by atoms with Crippen molar-refractivity contribution in [2.24, 2.45) is 0 Å². The Kier molecular flexibility index (Phi) is 4.62. The minimum absolute atomic E-state index is 0.0988. The van der Waals surface area contributed by atoms with Gasteiger partial charge in [-0.15, -0.1) is 0 Å². The average Bonchev–Trinajstić information content (AvgIpc) is 2.98. The van der Waals surface area contributed by atoms with E-state index < -0.39 is 21.4 Å². The van der Waals surface area contributed by atoms with Crippen molar-refractivity contribution < 1.29 is 14.6 Å². The van der Waals surface area contributed by atoms with Crippen molar-refractivity contribution in [3.05, 3.63) is 86.1 Å². The molecule has 3 rings (SSSR count). The van der Waals surface area contributed by atoms with Gasteiger partial charge in [0, 0.05) is 6.07 Å². The summed E-state index contributed by atoms with van der Waals surface area (Å²) in [5.41, 5.74) is -0.408. The number of nitro benzene ring substituents is 1. The number of aromatic nitrogens is 2. The van der Waals surface area contributed by atoms with Crippen LogP contribution in [0.1, 0.15) is 16.1 Å². The number of anilines is 1. The lowest BCUT2D eigenvalue weighted by molar-refractivity contribution is -0.385. The van der Waals surface area contributed by atoms with Crippen molar-refractivity contribution in [1.82, 2.24) is 9.78 Å². The molecule has 1 N–H and O–H groups in total. The first-order valence-electron chi connectivity index (χ1n) is 7.74. The number of para-hydroxylation sites is 2. The highest BCUT2D eigenvalue weighted by atomic mass is 16.6. The Balaban J connectivity index is 2.10. The first kappa shape index (κ1) is 17.7. The van der Waals surface area contributed by atoms with Crippen LogP contribution < -0.4 is 5.32 Å². The monoisotopic (exact) mass is 367 g/mol. The average molecular weight is 367 g/mol. The number of carbonyl (C=O) groups is 1. The van der Waals surface area contributed by atoms with Crippen LogP contribution in [-0.4, -0.2) is 25.5 Å². The van der Waals surface area contributed by atoms with Gasteiger partial charge in [0.15, 0.2) is 0 Å². The summed E-state index contributed by atoms with van der Waals surface area (Å²) in [6, 6.07) is 13.9. The number of hydrogen-bond donors (Lipinski definition) is 1. The van der Waals surface area contributed by atoms with Gasteiger partial charge in [0.25, 0.3) is 11.6 Å². The van der Waals surface area contributed by atoms with E-state index in [0.717, 1.165) is 0 Å². The minimum atomic E-state index is -0.845. The molecule has 0 spiro atoms. The van der Waals surface area contributed by atoms with Crippen LogP contribution in [-0.2, 0) is 0 Å². The third-order valence-electron chi connectivity index (χ3n) is 3.79. The molecule has 0 saturated carbocycles. The van der Waals surface area contributed by atoms with Gasteiger partial charge in [0.2, 0.25) is 5.82 Å². The zero-order valence-electron chi connectivity index (χ0n) is 14.0. The molecule has 0 aliphatic heterocycles. The van der Waals surface area contributed by atoms with Crippen molar-refractivity contribution in [3.63, 3.8) is 0 Å². The van der Waals surface area contributed by atoms with E-state index in [9.17, 15) is 25.0 Å². The summed E-state index contributed by atoms with van der Waals surface area (Å²) in [5.74, 6) is -1.02. The Morgan fingerprint density at radius 3 is 2.26 bits per heavy atom. The fourth-order valence-corrected chi connectivity index (χ4v) is 2.61. The standard InChI is InChI=1S/C17H13N5O5/c1-11-15(22(26)27)16(20(19-11)12-7-3-2-4-8-12)18-17(23)13-9-5-6-10-14(13)21(24)25/h2-10H,1H3,(H,18,23). The molecule has 0 unspecified atom stereocenters. The van der Waals surface area contributed by atoms with Gasteiger partial charge < -0.3 is 5.32 Å². The molecule has 1 aromatic heterocycles. The molecule has 0 saturated heterocycles. The van der Waals surface area contributed by atoms with Crippen LogP contribution >= 0.6 is 0 Å². The molecule has 1 amide bonds. The van der Waals surface area contributed by atoms with Gasteiger partial charge in [-0.1, -0.05) is 30.3 Å². The molecule has 10 nitrogen and oxygen atoms in total. The number of nitrogens with zero attached hydrogens (tertiary/aromatic N) is 4. The van der Waals surface area contributed by atoms with Gasteiger partial charge in [-0.3, -0.25) is 25.0 Å². The first-order valence-corrected chi connectivity index (χ1v) is 7.74. The molecule has 2 aromatic carbocycles. The molecule has 0 bridgehead atoms. The summed E-state index contributed by atoms with van der Waals surface area (Å²) in [7, 11) is 0. The van der Waals surface area contributed by atoms with E-state index in [1.807, 2.05) is 0 Å². The lowest BCUT2D eigenvalue weighted by Crippen LogP contribution is -2.17. The molecule has 0 aliphatic carbocycles. The SMILES string of the molecule is Cc1nn(-c2ccccc2)c(NC(=O)c2ccccc2[N+](=O)[O-])c1[N+](=O)[O-]. The van der Waals surface area contributed by atoms with Crippen LogP contribution in [0.5, 0.6) is 0 Å². The molecule has 0 aliphatic rings. The van der Waals surface area contributed by atoms with Gasteiger partial charge in [0.1, 0.15) is 11.3 Å². The van der Waals surface area contributed by atoms with E-state index in [1.165, 1.54) is 35.9 Å². The number of carbonyl (C=O) groups excluding carboxylic acids is 1. The topological polar surface area (TPSA) is 133 Å².